The topological polar surface area (TPSA) is 32.3 Å². The molecule has 0 aliphatic rings. The van der Waals surface area contributed by atoms with Gasteiger partial charge in [-0.1, -0.05) is 27.7 Å². The molecule has 0 aliphatic carbocycles. The zero-order valence-corrected chi connectivity index (χ0v) is 11.1. The molecule has 0 saturated carbocycles. The summed E-state index contributed by atoms with van der Waals surface area (Å²) < 4.78 is 0. The van der Waals surface area contributed by atoms with Crippen molar-refractivity contribution in [2.75, 3.05) is 6.54 Å². The molecule has 0 saturated heterocycles. The fraction of sp³-hybridized carbons (Fsp3) is 1.00. The van der Waals surface area contributed by atoms with Crippen LogP contribution >= 0.6 is 0 Å². The molecule has 2 heteroatoms. The Labute approximate surface area is 95.5 Å². The Hall–Kier alpha value is -0.0800. The molecule has 2 nitrogen and oxygen atoms in total. The van der Waals surface area contributed by atoms with Gasteiger partial charge < -0.3 is 10.4 Å². The normalized spacial score (nSPS) is 14.2. The molecule has 0 aromatic rings. The lowest BCUT2D eigenvalue weighted by Crippen LogP contribution is -2.33. The van der Waals surface area contributed by atoms with E-state index in [2.05, 4.69) is 33.0 Å². The van der Waals surface area contributed by atoms with Crippen molar-refractivity contribution in [1.29, 1.82) is 0 Å². The van der Waals surface area contributed by atoms with Crippen molar-refractivity contribution in [1.82, 2.24) is 5.32 Å². The van der Waals surface area contributed by atoms with Gasteiger partial charge in [-0.05, 0) is 44.6 Å². The highest BCUT2D eigenvalue weighted by Crippen LogP contribution is 2.13. The molecular formula is C13H29NO. The van der Waals surface area contributed by atoms with Crippen LogP contribution in [0, 0.1) is 11.8 Å². The third-order valence-corrected chi connectivity index (χ3v) is 2.51. The first kappa shape index (κ1) is 14.9. The van der Waals surface area contributed by atoms with Crippen LogP contribution in [0.2, 0.25) is 0 Å². The van der Waals surface area contributed by atoms with Crippen LogP contribution in [-0.2, 0) is 0 Å². The van der Waals surface area contributed by atoms with Gasteiger partial charge in [0.15, 0.2) is 0 Å². The molecule has 15 heavy (non-hydrogen) atoms. The average Bonchev–Trinajstić information content (AvgIpc) is 2.00. The Morgan fingerprint density at radius 2 is 1.40 bits per heavy atom. The van der Waals surface area contributed by atoms with Crippen LogP contribution in [0.25, 0.3) is 0 Å². The number of rotatable bonds is 8. The molecule has 0 fully saturated rings. The highest BCUT2D eigenvalue weighted by molar-refractivity contribution is 4.70. The standard InChI is InChI=1S/C13H29NO/c1-10(2)8-13(9-11(3)4)14-7-6-12(5)15/h10-15H,6-9H2,1-5H3. The van der Waals surface area contributed by atoms with Crippen molar-refractivity contribution >= 4 is 0 Å². The van der Waals surface area contributed by atoms with Crippen molar-refractivity contribution in [3.8, 4) is 0 Å². The summed E-state index contributed by atoms with van der Waals surface area (Å²) in [6.07, 6.45) is 3.14. The first-order chi connectivity index (χ1) is 6.91. The minimum absolute atomic E-state index is 0.184. The van der Waals surface area contributed by atoms with E-state index in [0.29, 0.717) is 6.04 Å². The van der Waals surface area contributed by atoms with E-state index in [1.165, 1.54) is 12.8 Å². The zero-order valence-electron chi connectivity index (χ0n) is 11.1. The van der Waals surface area contributed by atoms with Crippen molar-refractivity contribution < 1.29 is 5.11 Å². The van der Waals surface area contributed by atoms with Crippen molar-refractivity contribution in [3.05, 3.63) is 0 Å². The highest BCUT2D eigenvalue weighted by atomic mass is 16.3. The Morgan fingerprint density at radius 1 is 0.933 bits per heavy atom. The SMILES string of the molecule is CC(C)CC(CC(C)C)NCCC(C)O. The molecular weight excluding hydrogens is 186 g/mol. The molecule has 0 heterocycles. The lowest BCUT2D eigenvalue weighted by atomic mass is 9.95. The Balaban J connectivity index is 3.79. The van der Waals surface area contributed by atoms with Crippen molar-refractivity contribution in [2.45, 2.75) is 66.0 Å². The summed E-state index contributed by atoms with van der Waals surface area (Å²) in [5, 5.41) is 12.7. The first-order valence-corrected chi connectivity index (χ1v) is 6.33. The zero-order chi connectivity index (χ0) is 11.8. The van der Waals surface area contributed by atoms with E-state index in [9.17, 15) is 5.11 Å². The van der Waals surface area contributed by atoms with Gasteiger partial charge in [-0.15, -0.1) is 0 Å². The molecule has 0 radical (unpaired) electrons. The van der Waals surface area contributed by atoms with Gasteiger partial charge >= 0.3 is 0 Å². The van der Waals surface area contributed by atoms with E-state index in [-0.39, 0.29) is 6.10 Å². The highest BCUT2D eigenvalue weighted by Gasteiger charge is 2.12. The fourth-order valence-corrected chi connectivity index (χ4v) is 1.90. The van der Waals surface area contributed by atoms with Crippen LogP contribution in [0.5, 0.6) is 0 Å². The number of hydrogen-bond acceptors (Lipinski definition) is 2. The molecule has 0 aliphatic heterocycles. The molecule has 1 unspecified atom stereocenters. The smallest absolute Gasteiger partial charge is 0.0524 e. The summed E-state index contributed by atoms with van der Waals surface area (Å²) >= 11 is 0. The maximum Gasteiger partial charge on any atom is 0.0524 e. The van der Waals surface area contributed by atoms with E-state index in [1.807, 2.05) is 6.92 Å². The number of nitrogens with one attached hydrogen (secondary N) is 1. The van der Waals surface area contributed by atoms with E-state index in [1.54, 1.807) is 0 Å². The molecule has 0 aromatic carbocycles. The maximum absolute atomic E-state index is 9.19. The van der Waals surface area contributed by atoms with E-state index < -0.39 is 0 Å². The van der Waals surface area contributed by atoms with Gasteiger partial charge in [0.05, 0.1) is 6.10 Å². The predicted octanol–water partition coefficient (Wildman–Crippen LogP) is 2.81. The van der Waals surface area contributed by atoms with Gasteiger partial charge in [-0.3, -0.25) is 0 Å². The van der Waals surface area contributed by atoms with Crippen LogP contribution in [0.1, 0.15) is 53.9 Å². The minimum atomic E-state index is -0.184. The fourth-order valence-electron chi connectivity index (χ4n) is 1.90. The summed E-state index contributed by atoms with van der Waals surface area (Å²) in [4.78, 5) is 0. The van der Waals surface area contributed by atoms with E-state index >= 15 is 0 Å². The van der Waals surface area contributed by atoms with Gasteiger partial charge in [-0.25, -0.2) is 0 Å². The molecule has 92 valence electrons. The molecule has 2 N–H and O–H groups in total. The van der Waals surface area contributed by atoms with E-state index in [0.717, 1.165) is 24.8 Å². The summed E-state index contributed by atoms with van der Waals surface area (Å²) in [6.45, 7) is 11.9. The minimum Gasteiger partial charge on any atom is -0.393 e. The monoisotopic (exact) mass is 215 g/mol. The van der Waals surface area contributed by atoms with Crippen LogP contribution in [0.15, 0.2) is 0 Å². The van der Waals surface area contributed by atoms with Crippen LogP contribution < -0.4 is 5.32 Å². The number of hydrogen-bond donors (Lipinski definition) is 2. The second-order valence-electron chi connectivity index (χ2n) is 5.55. The van der Waals surface area contributed by atoms with Crippen LogP contribution in [0.4, 0.5) is 0 Å². The maximum atomic E-state index is 9.19. The first-order valence-electron chi connectivity index (χ1n) is 6.33. The lowest BCUT2D eigenvalue weighted by Gasteiger charge is -2.22. The van der Waals surface area contributed by atoms with Gasteiger partial charge in [0.2, 0.25) is 0 Å². The van der Waals surface area contributed by atoms with Gasteiger partial charge in [0.1, 0.15) is 0 Å². The quantitative estimate of drug-likeness (QED) is 0.652. The van der Waals surface area contributed by atoms with Gasteiger partial charge in [0.25, 0.3) is 0 Å². The second-order valence-corrected chi connectivity index (χ2v) is 5.55. The Bertz CT molecular complexity index is 133. The molecule has 0 bridgehead atoms. The van der Waals surface area contributed by atoms with E-state index in [4.69, 9.17) is 0 Å². The summed E-state index contributed by atoms with van der Waals surface area (Å²) in [5.74, 6) is 1.49. The average molecular weight is 215 g/mol. The Morgan fingerprint density at radius 3 is 1.73 bits per heavy atom. The third kappa shape index (κ3) is 10.2. The molecule has 0 aromatic heterocycles. The summed E-state index contributed by atoms with van der Waals surface area (Å²) in [5.41, 5.74) is 0. The number of aliphatic hydroxyl groups is 1. The Kier molecular flexibility index (Phi) is 8.07. The van der Waals surface area contributed by atoms with Gasteiger partial charge in [0, 0.05) is 6.04 Å². The third-order valence-electron chi connectivity index (χ3n) is 2.51. The molecule has 0 rings (SSSR count). The van der Waals surface area contributed by atoms with Crippen molar-refractivity contribution in [3.63, 3.8) is 0 Å². The molecule has 1 atom stereocenters. The van der Waals surface area contributed by atoms with Gasteiger partial charge in [-0.2, -0.15) is 0 Å². The molecule has 0 amide bonds. The lowest BCUT2D eigenvalue weighted by molar-refractivity contribution is 0.180. The predicted molar refractivity (Wildman–Crippen MR) is 67.0 cm³/mol. The second kappa shape index (κ2) is 8.12. The summed E-state index contributed by atoms with van der Waals surface area (Å²) in [7, 11) is 0. The largest absolute Gasteiger partial charge is 0.393 e. The number of aliphatic hydroxyl groups excluding tert-OH is 1. The van der Waals surface area contributed by atoms with Crippen LogP contribution in [0.3, 0.4) is 0 Å². The summed E-state index contributed by atoms with van der Waals surface area (Å²) in [6, 6.07) is 0.615. The van der Waals surface area contributed by atoms with Crippen LogP contribution in [-0.4, -0.2) is 23.8 Å². The molecule has 0 spiro atoms. The van der Waals surface area contributed by atoms with Crippen molar-refractivity contribution in [2.24, 2.45) is 11.8 Å².